The maximum atomic E-state index is 13.2. The molecular weight excluding hydrogens is 378 g/mol. The molecule has 2 aromatic heterocycles. The minimum Gasteiger partial charge on any atom is -0.391 e. The molecule has 7 nitrogen and oxygen atoms in total. The summed E-state index contributed by atoms with van der Waals surface area (Å²) in [5.41, 5.74) is 3.67. The van der Waals surface area contributed by atoms with Crippen molar-refractivity contribution >= 4 is 16.9 Å². The van der Waals surface area contributed by atoms with Crippen molar-refractivity contribution < 1.29 is 9.90 Å². The molecule has 3 aromatic rings. The number of aromatic nitrogens is 4. The van der Waals surface area contributed by atoms with Crippen LogP contribution in [0.2, 0.25) is 0 Å². The summed E-state index contributed by atoms with van der Waals surface area (Å²) in [6.07, 6.45) is 5.72. The van der Waals surface area contributed by atoms with Gasteiger partial charge in [-0.15, -0.1) is 0 Å². The van der Waals surface area contributed by atoms with Crippen LogP contribution < -0.4 is 0 Å². The molecule has 1 amide bonds. The first kappa shape index (κ1) is 19.3. The van der Waals surface area contributed by atoms with Crippen LogP contribution in [0.15, 0.2) is 36.8 Å². The van der Waals surface area contributed by atoms with E-state index in [-0.39, 0.29) is 11.9 Å². The second-order valence-corrected chi connectivity index (χ2v) is 8.84. The molecule has 1 N–H and O–H groups in total. The molecule has 5 rings (SSSR count). The van der Waals surface area contributed by atoms with Crippen LogP contribution in [0.5, 0.6) is 0 Å². The Bertz CT molecular complexity index is 1070. The Morgan fingerprint density at radius 1 is 1.20 bits per heavy atom. The molecular formula is C23H29N5O2. The zero-order chi connectivity index (χ0) is 20.8. The Morgan fingerprint density at radius 2 is 1.97 bits per heavy atom. The number of hydrogen-bond acceptors (Lipinski definition) is 4. The van der Waals surface area contributed by atoms with Gasteiger partial charge in [-0.1, -0.05) is 19.1 Å². The number of hydrogen-bond donors (Lipinski definition) is 1. The van der Waals surface area contributed by atoms with Crippen LogP contribution in [0.1, 0.15) is 48.3 Å². The van der Waals surface area contributed by atoms with E-state index in [4.69, 9.17) is 0 Å². The molecule has 0 unspecified atom stereocenters. The van der Waals surface area contributed by atoms with Crippen LogP contribution in [0.3, 0.4) is 0 Å². The molecule has 2 aliphatic rings. The van der Waals surface area contributed by atoms with E-state index in [2.05, 4.69) is 27.6 Å². The van der Waals surface area contributed by atoms with Crippen LogP contribution >= 0.6 is 0 Å². The van der Waals surface area contributed by atoms with Gasteiger partial charge in [0, 0.05) is 25.3 Å². The van der Waals surface area contributed by atoms with Gasteiger partial charge in [-0.05, 0) is 50.2 Å². The Kier molecular flexibility index (Phi) is 4.85. The molecule has 30 heavy (non-hydrogen) atoms. The summed E-state index contributed by atoms with van der Waals surface area (Å²) >= 11 is 0. The summed E-state index contributed by atoms with van der Waals surface area (Å²) in [5.74, 6) is 0.818. The van der Waals surface area contributed by atoms with Crippen LogP contribution in [0, 0.1) is 18.8 Å². The topological polar surface area (TPSA) is 76.2 Å². The summed E-state index contributed by atoms with van der Waals surface area (Å²) in [5, 5.41) is 15.3. The van der Waals surface area contributed by atoms with Gasteiger partial charge in [0.1, 0.15) is 0 Å². The third-order valence-electron chi connectivity index (χ3n) is 7.00. The van der Waals surface area contributed by atoms with Crippen LogP contribution in [-0.2, 0) is 6.54 Å². The number of rotatable bonds is 4. The van der Waals surface area contributed by atoms with Crippen LogP contribution in [-0.4, -0.2) is 54.4 Å². The Balaban J connectivity index is 1.34. The molecule has 3 heterocycles. The highest BCUT2D eigenvalue weighted by Gasteiger charge is 2.44. The van der Waals surface area contributed by atoms with Gasteiger partial charge in [0.05, 0.1) is 41.3 Å². The molecule has 158 valence electrons. The van der Waals surface area contributed by atoms with Crippen LogP contribution in [0.4, 0.5) is 0 Å². The first-order chi connectivity index (χ1) is 14.6. The van der Waals surface area contributed by atoms with Crippen molar-refractivity contribution in [3.63, 3.8) is 0 Å². The largest absolute Gasteiger partial charge is 0.391 e. The molecule has 1 saturated heterocycles. The second kappa shape index (κ2) is 7.54. The highest BCUT2D eigenvalue weighted by atomic mass is 16.3. The minimum absolute atomic E-state index is 0.00254. The summed E-state index contributed by atoms with van der Waals surface area (Å²) < 4.78 is 4.04. The first-order valence-electron chi connectivity index (χ1n) is 11.0. The van der Waals surface area contributed by atoms with Crippen molar-refractivity contribution in [3.8, 4) is 0 Å². The Morgan fingerprint density at radius 3 is 2.77 bits per heavy atom. The molecule has 1 saturated carbocycles. The fourth-order valence-corrected chi connectivity index (χ4v) is 5.38. The fraction of sp³-hybridized carbons (Fsp3) is 0.522. The van der Waals surface area contributed by atoms with E-state index in [1.807, 2.05) is 41.0 Å². The van der Waals surface area contributed by atoms with Gasteiger partial charge in [-0.3, -0.25) is 9.48 Å². The van der Waals surface area contributed by atoms with E-state index in [9.17, 15) is 9.90 Å². The lowest BCUT2D eigenvalue weighted by Crippen LogP contribution is -2.36. The van der Waals surface area contributed by atoms with E-state index in [1.165, 1.54) is 0 Å². The maximum absolute atomic E-state index is 13.2. The lowest BCUT2D eigenvalue weighted by atomic mass is 9.77. The van der Waals surface area contributed by atoms with Gasteiger partial charge in [-0.2, -0.15) is 5.10 Å². The van der Waals surface area contributed by atoms with Gasteiger partial charge in [-0.25, -0.2) is 4.98 Å². The molecule has 1 aliphatic carbocycles. The Hall–Kier alpha value is -2.67. The zero-order valence-electron chi connectivity index (χ0n) is 17.6. The van der Waals surface area contributed by atoms with E-state index in [0.29, 0.717) is 17.4 Å². The number of aliphatic hydroxyl groups excluding tert-OH is 1. The number of fused-ring (bicyclic) bond motifs is 2. The summed E-state index contributed by atoms with van der Waals surface area (Å²) in [7, 11) is 0. The van der Waals surface area contributed by atoms with Gasteiger partial charge >= 0.3 is 0 Å². The third-order valence-corrected chi connectivity index (χ3v) is 7.00. The molecule has 0 bridgehead atoms. The number of carbonyl (C=O) groups is 1. The van der Waals surface area contributed by atoms with Crippen molar-refractivity contribution in [2.75, 3.05) is 13.1 Å². The predicted molar refractivity (Wildman–Crippen MR) is 114 cm³/mol. The number of amides is 1. The van der Waals surface area contributed by atoms with E-state index in [0.717, 1.165) is 55.6 Å². The second-order valence-electron chi connectivity index (χ2n) is 8.84. The summed E-state index contributed by atoms with van der Waals surface area (Å²) in [6.45, 7) is 6.38. The normalized spacial score (nSPS) is 26.3. The lowest BCUT2D eigenvalue weighted by molar-refractivity contribution is 0.0374. The average molecular weight is 408 g/mol. The number of aliphatic hydroxyl groups is 1. The van der Waals surface area contributed by atoms with Crippen LogP contribution in [0.25, 0.3) is 11.0 Å². The molecule has 0 spiro atoms. The predicted octanol–water partition coefficient (Wildman–Crippen LogP) is 3.04. The number of para-hydroxylation sites is 2. The van der Waals surface area contributed by atoms with Crippen molar-refractivity contribution in [3.05, 3.63) is 48.0 Å². The highest BCUT2D eigenvalue weighted by molar-refractivity contribution is 5.95. The van der Waals surface area contributed by atoms with Gasteiger partial charge in [0.15, 0.2) is 0 Å². The average Bonchev–Trinajstić information content (AvgIpc) is 3.44. The summed E-state index contributed by atoms with van der Waals surface area (Å²) in [6, 6.07) is 8.05. The fourth-order valence-electron chi connectivity index (χ4n) is 5.38. The standard InChI is InChI=1S/C23H29N5O2/c1-3-8-28-15(2)18(11-25-28)23(30)26-12-16-9-21(22(29)10-17(16)13-26)27-14-24-19-6-4-5-7-20(19)27/h4-7,11,14,16-17,21-22,29H,3,8-10,12-13H2,1-2H3/t16-,17+,21-,22-/m1/s1. The highest BCUT2D eigenvalue weighted by Crippen LogP contribution is 2.42. The van der Waals surface area contributed by atoms with E-state index >= 15 is 0 Å². The molecule has 2 fully saturated rings. The minimum atomic E-state index is -0.423. The van der Waals surface area contributed by atoms with Gasteiger partial charge < -0.3 is 14.6 Å². The molecule has 1 aliphatic heterocycles. The number of likely N-dealkylation sites (tertiary alicyclic amines) is 1. The zero-order valence-corrected chi connectivity index (χ0v) is 17.6. The quantitative estimate of drug-likeness (QED) is 0.721. The number of nitrogens with zero attached hydrogens (tertiary/aromatic N) is 5. The molecule has 0 radical (unpaired) electrons. The van der Waals surface area contributed by atoms with Crippen molar-refractivity contribution in [1.82, 2.24) is 24.2 Å². The smallest absolute Gasteiger partial charge is 0.257 e. The first-order valence-corrected chi connectivity index (χ1v) is 11.0. The van der Waals surface area contributed by atoms with Crippen molar-refractivity contribution in [1.29, 1.82) is 0 Å². The summed E-state index contributed by atoms with van der Waals surface area (Å²) in [4.78, 5) is 19.7. The maximum Gasteiger partial charge on any atom is 0.257 e. The number of aryl methyl sites for hydroxylation is 1. The number of carbonyl (C=O) groups excluding carboxylic acids is 1. The molecule has 4 atom stereocenters. The van der Waals surface area contributed by atoms with E-state index in [1.54, 1.807) is 6.20 Å². The van der Waals surface area contributed by atoms with Crippen molar-refractivity contribution in [2.24, 2.45) is 11.8 Å². The monoisotopic (exact) mass is 407 g/mol. The van der Waals surface area contributed by atoms with Gasteiger partial charge in [0.2, 0.25) is 0 Å². The van der Waals surface area contributed by atoms with Crippen molar-refractivity contribution in [2.45, 2.75) is 51.8 Å². The SMILES string of the molecule is CCCn1ncc(C(=O)N2C[C@H]3C[C@@H](n4cnc5ccccc54)[C@H](O)C[C@H]3C2)c1C. The van der Waals surface area contributed by atoms with Gasteiger partial charge in [0.25, 0.3) is 5.91 Å². The number of imidazole rings is 1. The number of benzene rings is 1. The van der Waals surface area contributed by atoms with E-state index < -0.39 is 6.10 Å². The molecule has 1 aromatic carbocycles. The molecule has 7 heteroatoms. The third kappa shape index (κ3) is 3.12. The Labute approximate surface area is 176 Å². The lowest BCUT2D eigenvalue weighted by Gasteiger charge is -2.36.